The van der Waals surface area contributed by atoms with Crippen molar-refractivity contribution in [3.05, 3.63) is 35.4 Å². The molecule has 0 radical (unpaired) electrons. The number of quaternary nitrogens is 1. The van der Waals surface area contributed by atoms with Crippen molar-refractivity contribution in [1.29, 1.82) is 0 Å². The van der Waals surface area contributed by atoms with Crippen LogP contribution in [0.15, 0.2) is 24.3 Å². The van der Waals surface area contributed by atoms with E-state index in [1.165, 1.54) is 11.1 Å². The Morgan fingerprint density at radius 2 is 1.53 bits per heavy atom. The summed E-state index contributed by atoms with van der Waals surface area (Å²) in [5.74, 6) is 0.603. The fourth-order valence-corrected chi connectivity index (χ4v) is 1.52. The molecule has 0 aliphatic carbocycles. The lowest BCUT2D eigenvalue weighted by Gasteiger charge is -2.28. The van der Waals surface area contributed by atoms with E-state index < -0.39 is 0 Å². The van der Waals surface area contributed by atoms with Gasteiger partial charge in [-0.05, 0) is 12.5 Å². The van der Waals surface area contributed by atoms with Crippen LogP contribution in [-0.4, -0.2) is 25.1 Å². The third kappa shape index (κ3) is 4.87. The van der Waals surface area contributed by atoms with Gasteiger partial charge in [-0.15, -0.1) is 11.6 Å². The summed E-state index contributed by atoms with van der Waals surface area (Å²) in [7, 11) is 4.49. The molecule has 3 heteroatoms. The van der Waals surface area contributed by atoms with Gasteiger partial charge in [0.2, 0.25) is 0 Å². The summed E-state index contributed by atoms with van der Waals surface area (Å²) >= 11 is 5.74. The van der Waals surface area contributed by atoms with E-state index in [9.17, 15) is 0 Å². The van der Waals surface area contributed by atoms with Crippen LogP contribution in [0.2, 0.25) is 0 Å². The predicted molar refractivity (Wildman–Crippen MR) is 62.4 cm³/mol. The fourth-order valence-electron chi connectivity index (χ4n) is 1.34. The highest BCUT2D eigenvalue weighted by Gasteiger charge is 2.12. The van der Waals surface area contributed by atoms with Crippen LogP contribution in [0.5, 0.6) is 0 Å². The molecule has 15 heavy (non-hydrogen) atoms. The second kappa shape index (κ2) is 6.37. The second-order valence-electron chi connectivity index (χ2n) is 4.36. The normalized spacial score (nSPS) is 10.9. The Kier molecular flexibility index (Phi) is 6.26. The molecule has 0 heterocycles. The summed E-state index contributed by atoms with van der Waals surface area (Å²) in [4.78, 5) is 0. The minimum atomic E-state index is 0. The van der Waals surface area contributed by atoms with Crippen molar-refractivity contribution in [2.75, 3.05) is 20.6 Å². The first-order valence-corrected chi connectivity index (χ1v) is 5.56. The highest BCUT2D eigenvalue weighted by Crippen LogP contribution is 2.11. The first kappa shape index (κ1) is 14.8. The largest absolute Gasteiger partial charge is 1.00 e. The molecule has 86 valence electrons. The van der Waals surface area contributed by atoms with E-state index in [-0.39, 0.29) is 12.4 Å². The summed E-state index contributed by atoms with van der Waals surface area (Å²) in [6, 6.07) is 8.57. The number of alkyl halides is 1. The van der Waals surface area contributed by atoms with Gasteiger partial charge in [-0.25, -0.2) is 0 Å². The second-order valence-corrected chi connectivity index (χ2v) is 4.63. The molecule has 0 saturated carbocycles. The number of hydrogen-bond donors (Lipinski definition) is 0. The van der Waals surface area contributed by atoms with Crippen molar-refractivity contribution in [1.82, 2.24) is 0 Å². The van der Waals surface area contributed by atoms with Gasteiger partial charge < -0.3 is 16.9 Å². The summed E-state index contributed by atoms with van der Waals surface area (Å²) in [6.07, 6.45) is 0. The van der Waals surface area contributed by atoms with E-state index in [1.54, 1.807) is 0 Å². The van der Waals surface area contributed by atoms with Crippen LogP contribution in [0.25, 0.3) is 0 Å². The number of rotatable bonds is 4. The molecule has 0 bridgehead atoms. The Morgan fingerprint density at radius 3 is 1.93 bits per heavy atom. The Morgan fingerprint density at radius 1 is 1.07 bits per heavy atom. The molecule has 0 spiro atoms. The average molecular weight is 248 g/mol. The fraction of sp³-hybridized carbons (Fsp3) is 0.500. The Labute approximate surface area is 104 Å². The topological polar surface area (TPSA) is 0 Å². The zero-order chi connectivity index (χ0) is 10.6. The van der Waals surface area contributed by atoms with Crippen molar-refractivity contribution in [3.63, 3.8) is 0 Å². The molecule has 0 unspecified atom stereocenters. The first-order valence-electron chi connectivity index (χ1n) is 5.03. The molecule has 1 nitrogen and oxygen atoms in total. The minimum Gasteiger partial charge on any atom is -1.00 e. The molecule has 1 rings (SSSR count). The minimum absolute atomic E-state index is 0. The first-order chi connectivity index (χ1) is 6.57. The maximum absolute atomic E-state index is 5.74. The maximum Gasteiger partial charge on any atom is 0.104 e. The zero-order valence-electron chi connectivity index (χ0n) is 9.63. The molecule has 0 amide bonds. The molecule has 0 aliphatic heterocycles. The molecule has 0 aliphatic rings. The third-order valence-corrected chi connectivity index (χ3v) is 2.95. The molecule has 0 atom stereocenters. The van der Waals surface area contributed by atoms with E-state index in [0.717, 1.165) is 17.6 Å². The molecule has 0 N–H and O–H groups in total. The van der Waals surface area contributed by atoms with E-state index in [4.69, 9.17) is 11.6 Å². The van der Waals surface area contributed by atoms with Crippen LogP contribution >= 0.6 is 11.6 Å². The van der Waals surface area contributed by atoms with Crippen LogP contribution in [0.4, 0.5) is 0 Å². The molecule has 0 aromatic heterocycles. The van der Waals surface area contributed by atoms with Crippen LogP contribution in [0, 0.1) is 0 Å². The number of nitrogens with zero attached hydrogens (tertiary/aromatic N) is 1. The molecule has 0 saturated heterocycles. The van der Waals surface area contributed by atoms with E-state index in [1.807, 2.05) is 0 Å². The van der Waals surface area contributed by atoms with Gasteiger partial charge in [-0.1, -0.05) is 24.3 Å². The molecule has 0 fully saturated rings. The lowest BCUT2D eigenvalue weighted by molar-refractivity contribution is -0.901. The summed E-state index contributed by atoms with van der Waals surface area (Å²) in [5.41, 5.74) is 2.57. The Hall–Kier alpha value is -0.240. The third-order valence-electron chi connectivity index (χ3n) is 2.64. The van der Waals surface area contributed by atoms with Gasteiger partial charge in [0.15, 0.2) is 0 Å². The van der Waals surface area contributed by atoms with Crippen molar-refractivity contribution in [3.8, 4) is 0 Å². The maximum atomic E-state index is 5.74. The van der Waals surface area contributed by atoms with Crippen LogP contribution in [0.3, 0.4) is 0 Å². The summed E-state index contributed by atoms with van der Waals surface area (Å²) in [6.45, 7) is 4.45. The standard InChI is InChI=1S/C12H19ClN.ClH/c1-4-14(2,3)10-12-7-5-11(9-13)6-8-12;/h5-8H,4,9-10H2,1-3H3;1H/q+1;/p-1. The van der Waals surface area contributed by atoms with Gasteiger partial charge in [0.25, 0.3) is 0 Å². The van der Waals surface area contributed by atoms with E-state index >= 15 is 0 Å². The molecular formula is C12H19Cl2N. The highest BCUT2D eigenvalue weighted by atomic mass is 35.5. The van der Waals surface area contributed by atoms with Gasteiger partial charge in [0.1, 0.15) is 6.54 Å². The van der Waals surface area contributed by atoms with Gasteiger partial charge >= 0.3 is 0 Å². The van der Waals surface area contributed by atoms with Gasteiger partial charge in [-0.2, -0.15) is 0 Å². The Bertz CT molecular complexity index is 280. The van der Waals surface area contributed by atoms with Gasteiger partial charge in [-0.3, -0.25) is 0 Å². The lowest BCUT2D eigenvalue weighted by atomic mass is 10.1. The van der Waals surface area contributed by atoms with Crippen molar-refractivity contribution < 1.29 is 16.9 Å². The van der Waals surface area contributed by atoms with Gasteiger partial charge in [0, 0.05) is 11.4 Å². The highest BCUT2D eigenvalue weighted by molar-refractivity contribution is 6.17. The van der Waals surface area contributed by atoms with Crippen LogP contribution in [-0.2, 0) is 12.4 Å². The Balaban J connectivity index is 0.00000196. The summed E-state index contributed by atoms with van der Waals surface area (Å²) < 4.78 is 1.03. The molecule has 1 aromatic rings. The predicted octanol–water partition coefficient (Wildman–Crippen LogP) is 0.0257. The lowest BCUT2D eigenvalue weighted by Crippen LogP contribution is -3.00. The SMILES string of the molecule is CC[N+](C)(C)Cc1ccc(CCl)cc1.[Cl-]. The monoisotopic (exact) mass is 247 g/mol. The smallest absolute Gasteiger partial charge is 0.104 e. The van der Waals surface area contributed by atoms with Crippen LogP contribution < -0.4 is 12.4 Å². The van der Waals surface area contributed by atoms with Crippen molar-refractivity contribution >= 4 is 11.6 Å². The quantitative estimate of drug-likeness (QED) is 0.521. The average Bonchev–Trinajstić information content (AvgIpc) is 2.19. The van der Waals surface area contributed by atoms with E-state index in [2.05, 4.69) is 45.3 Å². The number of halogens is 2. The van der Waals surface area contributed by atoms with Crippen molar-refractivity contribution in [2.45, 2.75) is 19.3 Å². The molecular weight excluding hydrogens is 229 g/mol. The summed E-state index contributed by atoms with van der Waals surface area (Å²) in [5, 5.41) is 0. The number of hydrogen-bond acceptors (Lipinski definition) is 0. The zero-order valence-corrected chi connectivity index (χ0v) is 11.1. The van der Waals surface area contributed by atoms with Gasteiger partial charge in [0.05, 0.1) is 20.6 Å². The molecule has 1 aromatic carbocycles. The number of benzene rings is 1. The van der Waals surface area contributed by atoms with E-state index in [0.29, 0.717) is 5.88 Å². The van der Waals surface area contributed by atoms with Crippen molar-refractivity contribution in [2.24, 2.45) is 0 Å². The van der Waals surface area contributed by atoms with Crippen LogP contribution in [0.1, 0.15) is 18.1 Å².